The van der Waals surface area contributed by atoms with Crippen LogP contribution < -0.4 is 10.6 Å². The van der Waals surface area contributed by atoms with E-state index in [1.54, 1.807) is 0 Å². The van der Waals surface area contributed by atoms with Crippen molar-refractivity contribution in [2.45, 2.75) is 46.1 Å². The Balaban J connectivity index is 0.00000280. The molecule has 0 spiro atoms. The predicted molar refractivity (Wildman–Crippen MR) is 143 cm³/mol. The summed E-state index contributed by atoms with van der Waals surface area (Å²) >= 11 is 0. The van der Waals surface area contributed by atoms with E-state index >= 15 is 0 Å². The number of carbonyl (C=O) groups excluding carboxylic acids is 2. The summed E-state index contributed by atoms with van der Waals surface area (Å²) in [7, 11) is 0. The Hall–Kier alpha value is -3.64. The summed E-state index contributed by atoms with van der Waals surface area (Å²) in [5.74, 6) is 0.879. The smallest absolute Gasteiger partial charge is 0.236 e. The number of para-hydroxylation sites is 2. The van der Waals surface area contributed by atoms with E-state index in [1.807, 2.05) is 29.2 Å². The Morgan fingerprint density at radius 1 is 1.05 bits per heavy atom. The summed E-state index contributed by atoms with van der Waals surface area (Å²) in [6.45, 7) is 4.86. The Kier molecular flexibility index (Phi) is 6.78. The molecular formula is C28H35N7O2. The molecule has 0 bridgehead atoms. The number of imidazole rings is 1. The fourth-order valence-electron chi connectivity index (χ4n) is 6.20. The maximum Gasteiger partial charge on any atom is 0.236 e. The van der Waals surface area contributed by atoms with Crippen LogP contribution in [0.1, 0.15) is 49.8 Å². The molecule has 1 aromatic carbocycles. The molecule has 194 valence electrons. The molecule has 2 fully saturated rings. The van der Waals surface area contributed by atoms with Crippen molar-refractivity contribution in [1.29, 1.82) is 5.26 Å². The molecule has 3 aromatic rings. The van der Waals surface area contributed by atoms with Gasteiger partial charge in [-0.1, -0.05) is 19.6 Å². The van der Waals surface area contributed by atoms with Gasteiger partial charge < -0.3 is 15.5 Å². The van der Waals surface area contributed by atoms with E-state index in [2.05, 4.69) is 20.3 Å². The van der Waals surface area contributed by atoms with Gasteiger partial charge in [-0.15, -0.1) is 0 Å². The van der Waals surface area contributed by atoms with Crippen LogP contribution in [0, 0.1) is 17.2 Å². The van der Waals surface area contributed by atoms with Gasteiger partial charge in [0.05, 0.1) is 23.1 Å². The van der Waals surface area contributed by atoms with Gasteiger partial charge in [0.25, 0.3) is 0 Å². The number of likely N-dealkylation sites (tertiary alicyclic amines) is 1. The van der Waals surface area contributed by atoms with Gasteiger partial charge in [-0.25, -0.2) is 4.98 Å². The highest BCUT2D eigenvalue weighted by Gasteiger charge is 2.33. The number of nitriles is 1. The second kappa shape index (κ2) is 10.0. The van der Waals surface area contributed by atoms with Gasteiger partial charge >= 0.3 is 0 Å². The van der Waals surface area contributed by atoms with Gasteiger partial charge in [-0.3, -0.25) is 18.9 Å². The van der Waals surface area contributed by atoms with Gasteiger partial charge in [0, 0.05) is 50.7 Å². The zero-order chi connectivity index (χ0) is 24.8. The van der Waals surface area contributed by atoms with Crippen molar-refractivity contribution >= 4 is 34.3 Å². The molecule has 3 aliphatic heterocycles. The van der Waals surface area contributed by atoms with Crippen LogP contribution in [-0.2, 0) is 22.6 Å². The lowest BCUT2D eigenvalue weighted by Gasteiger charge is -2.38. The summed E-state index contributed by atoms with van der Waals surface area (Å²) in [4.78, 5) is 36.2. The van der Waals surface area contributed by atoms with E-state index in [0.717, 1.165) is 60.5 Å². The third-order valence-corrected chi connectivity index (χ3v) is 8.12. The monoisotopic (exact) mass is 501 g/mol. The first-order valence-corrected chi connectivity index (χ1v) is 12.9. The second-order valence-electron chi connectivity index (χ2n) is 10.2. The topological polar surface area (TPSA) is 111 Å². The average molecular weight is 502 g/mol. The highest BCUT2D eigenvalue weighted by Crippen LogP contribution is 2.38. The van der Waals surface area contributed by atoms with Crippen molar-refractivity contribution in [3.8, 4) is 6.07 Å². The molecule has 0 unspecified atom stereocenters. The lowest BCUT2D eigenvalue weighted by Crippen LogP contribution is -2.43. The Bertz CT molecular complexity index is 1390. The minimum Gasteiger partial charge on any atom is -0.369 e. The quantitative estimate of drug-likeness (QED) is 0.588. The van der Waals surface area contributed by atoms with Gasteiger partial charge in [0.15, 0.2) is 5.65 Å². The van der Waals surface area contributed by atoms with Gasteiger partial charge in [-0.05, 0) is 49.8 Å². The molecule has 0 saturated carbocycles. The van der Waals surface area contributed by atoms with Crippen LogP contribution >= 0.6 is 0 Å². The highest BCUT2D eigenvalue weighted by atomic mass is 16.2. The van der Waals surface area contributed by atoms with Crippen LogP contribution in [0.4, 0.5) is 5.82 Å². The number of carbonyl (C=O) groups is 2. The summed E-state index contributed by atoms with van der Waals surface area (Å²) in [6.07, 6.45) is 4.27. The molecule has 5 heterocycles. The first-order valence-electron chi connectivity index (χ1n) is 12.9. The molecule has 2 amide bonds. The van der Waals surface area contributed by atoms with Crippen molar-refractivity contribution in [1.82, 2.24) is 19.2 Å². The van der Waals surface area contributed by atoms with E-state index in [0.29, 0.717) is 56.7 Å². The molecule has 2 aromatic heterocycles. The zero-order valence-electron chi connectivity index (χ0n) is 20.4. The lowest BCUT2D eigenvalue weighted by atomic mass is 9.93. The minimum absolute atomic E-state index is 0. The number of rotatable bonds is 4. The Morgan fingerprint density at radius 3 is 2.49 bits per heavy atom. The summed E-state index contributed by atoms with van der Waals surface area (Å²) in [5.41, 5.74) is 10.9. The zero-order valence-corrected chi connectivity index (χ0v) is 20.4. The van der Waals surface area contributed by atoms with E-state index < -0.39 is 0 Å². The van der Waals surface area contributed by atoms with E-state index in [9.17, 15) is 14.9 Å². The van der Waals surface area contributed by atoms with Crippen molar-refractivity contribution in [2.75, 3.05) is 44.2 Å². The number of pyridine rings is 1. The van der Waals surface area contributed by atoms with Gasteiger partial charge in [-0.2, -0.15) is 5.26 Å². The molecule has 6 rings (SSSR count). The first kappa shape index (κ1) is 25.0. The summed E-state index contributed by atoms with van der Waals surface area (Å²) in [5, 5.41) is 10.2. The highest BCUT2D eigenvalue weighted by molar-refractivity contribution is 5.87. The van der Waals surface area contributed by atoms with Crippen LogP contribution in [0.5, 0.6) is 0 Å². The van der Waals surface area contributed by atoms with E-state index in [4.69, 9.17) is 10.7 Å². The van der Waals surface area contributed by atoms with Crippen LogP contribution in [0.3, 0.4) is 0 Å². The van der Waals surface area contributed by atoms with E-state index in [1.165, 1.54) is 0 Å². The normalized spacial score (nSPS) is 18.6. The number of hydrogen-bond donors (Lipinski definition) is 1. The molecule has 3 aliphatic rings. The number of benzene rings is 1. The maximum absolute atomic E-state index is 12.9. The molecule has 9 heteroatoms. The SMILES string of the molecule is C.N#Cc1c2c(c(N3CCC(C(N)=O)CC3)n3c1nc1ccccc13)CN(CC(=O)N1CCCC1)CC2. The third kappa shape index (κ3) is 4.29. The standard InChI is InChI=1S/C27H31N7O2.CH4/c28-15-20-19-9-12-31(17-24(35)32-10-3-4-11-32)16-21(19)27(33-13-7-18(8-14-33)25(29)36)34-23-6-2-1-5-22(23)30-26(20)34;/h1-2,5-6,18H,3-4,7-14,16-17H2,(H2,29,36);1H4. The fourth-order valence-corrected chi connectivity index (χ4v) is 6.20. The van der Waals surface area contributed by atoms with Crippen molar-refractivity contribution in [2.24, 2.45) is 11.7 Å². The van der Waals surface area contributed by atoms with Crippen molar-refractivity contribution in [3.05, 3.63) is 41.0 Å². The number of piperidine rings is 1. The molecular weight excluding hydrogens is 466 g/mol. The molecule has 0 radical (unpaired) electrons. The number of primary amides is 1. The van der Waals surface area contributed by atoms with Crippen LogP contribution in [0.15, 0.2) is 24.3 Å². The average Bonchev–Trinajstić information content (AvgIpc) is 3.56. The lowest BCUT2D eigenvalue weighted by molar-refractivity contribution is -0.131. The van der Waals surface area contributed by atoms with E-state index in [-0.39, 0.29) is 25.2 Å². The number of aromatic nitrogens is 2. The van der Waals surface area contributed by atoms with Crippen LogP contribution in [-0.4, -0.2) is 70.3 Å². The fraction of sp³-hybridized carbons (Fsp3) is 0.500. The first-order chi connectivity index (χ1) is 17.5. The summed E-state index contributed by atoms with van der Waals surface area (Å²) in [6, 6.07) is 10.4. The predicted octanol–water partition coefficient (Wildman–Crippen LogP) is 2.68. The number of nitrogens with two attached hydrogens (primary N) is 1. The number of fused-ring (bicyclic) bond motifs is 4. The van der Waals surface area contributed by atoms with Crippen LogP contribution in [0.2, 0.25) is 0 Å². The minimum atomic E-state index is -0.235. The number of nitrogens with zero attached hydrogens (tertiary/aromatic N) is 6. The van der Waals surface area contributed by atoms with Gasteiger partial charge in [0.2, 0.25) is 11.8 Å². The molecule has 0 aliphatic carbocycles. The summed E-state index contributed by atoms with van der Waals surface area (Å²) < 4.78 is 2.13. The Morgan fingerprint density at radius 2 is 1.78 bits per heavy atom. The number of amides is 2. The second-order valence-corrected chi connectivity index (χ2v) is 10.2. The molecule has 37 heavy (non-hydrogen) atoms. The number of anilines is 1. The van der Waals surface area contributed by atoms with Crippen molar-refractivity contribution in [3.63, 3.8) is 0 Å². The number of hydrogen-bond acceptors (Lipinski definition) is 6. The largest absolute Gasteiger partial charge is 0.369 e. The van der Waals surface area contributed by atoms with Crippen LogP contribution in [0.25, 0.3) is 16.7 Å². The molecule has 2 N–H and O–H groups in total. The molecule has 2 saturated heterocycles. The third-order valence-electron chi connectivity index (χ3n) is 8.12. The van der Waals surface area contributed by atoms with Crippen molar-refractivity contribution < 1.29 is 9.59 Å². The van der Waals surface area contributed by atoms with Gasteiger partial charge in [0.1, 0.15) is 11.9 Å². The Labute approximate surface area is 217 Å². The maximum atomic E-state index is 12.9. The molecule has 0 atom stereocenters. The molecule has 9 nitrogen and oxygen atoms in total.